The summed E-state index contributed by atoms with van der Waals surface area (Å²) in [6, 6.07) is 3.41. The number of carboxylic acid groups (broad SMARTS) is 1. The van der Waals surface area contributed by atoms with Gasteiger partial charge in [-0.1, -0.05) is 6.07 Å². The zero-order chi connectivity index (χ0) is 11.0. The number of carbonyl (C=O) groups is 1. The second-order valence-electron chi connectivity index (χ2n) is 3.25. The van der Waals surface area contributed by atoms with Crippen LogP contribution in [0.1, 0.15) is 15.9 Å². The van der Waals surface area contributed by atoms with E-state index < -0.39 is 5.97 Å². The molecule has 0 bridgehead atoms. The van der Waals surface area contributed by atoms with Gasteiger partial charge in [0.2, 0.25) is 0 Å². The Morgan fingerprint density at radius 3 is 2.80 bits per heavy atom. The largest absolute Gasteiger partial charge is 0.494 e. The van der Waals surface area contributed by atoms with Crippen LogP contribution in [0.4, 0.5) is 0 Å². The van der Waals surface area contributed by atoms with Gasteiger partial charge in [0.25, 0.3) is 0 Å². The molecule has 0 aliphatic rings. The maximum absolute atomic E-state index is 11.0. The first kappa shape index (κ1) is 9.98. The van der Waals surface area contributed by atoms with E-state index in [9.17, 15) is 4.79 Å². The number of ether oxygens (including phenoxy) is 1. The number of carboxylic acids is 1. The normalized spacial score (nSPS) is 10.5. The highest BCUT2D eigenvalue weighted by atomic mass is 32.1. The molecule has 1 N–H and O–H groups in total. The van der Waals surface area contributed by atoms with Crippen LogP contribution in [0, 0.1) is 6.92 Å². The molecule has 0 amide bonds. The number of benzene rings is 1. The Kier molecular flexibility index (Phi) is 2.36. The summed E-state index contributed by atoms with van der Waals surface area (Å²) in [5, 5.41) is 12.0. The van der Waals surface area contributed by atoms with Crippen LogP contribution in [0.15, 0.2) is 17.5 Å². The van der Waals surface area contributed by atoms with Crippen LogP contribution in [-0.2, 0) is 0 Å². The lowest BCUT2D eigenvalue weighted by Crippen LogP contribution is -2.00. The highest BCUT2D eigenvalue weighted by molar-refractivity contribution is 7.17. The molecule has 78 valence electrons. The molecule has 0 radical (unpaired) electrons. The second kappa shape index (κ2) is 3.55. The molecule has 2 aromatic rings. The third-order valence-corrected chi connectivity index (χ3v) is 3.44. The maximum Gasteiger partial charge on any atom is 0.339 e. The van der Waals surface area contributed by atoms with Crippen molar-refractivity contribution in [1.29, 1.82) is 0 Å². The SMILES string of the molecule is COc1c(C(=O)O)ccc2c(C)csc12. The summed E-state index contributed by atoms with van der Waals surface area (Å²) in [4.78, 5) is 11.0. The molecule has 0 spiro atoms. The van der Waals surface area contributed by atoms with Crippen LogP contribution < -0.4 is 4.74 Å². The van der Waals surface area contributed by atoms with Crippen LogP contribution in [-0.4, -0.2) is 18.2 Å². The minimum Gasteiger partial charge on any atom is -0.494 e. The van der Waals surface area contributed by atoms with Gasteiger partial charge in [-0.25, -0.2) is 4.79 Å². The monoisotopic (exact) mass is 222 g/mol. The number of aryl methyl sites for hydroxylation is 1. The van der Waals surface area contributed by atoms with Crippen molar-refractivity contribution in [3.63, 3.8) is 0 Å². The molecule has 1 heterocycles. The fraction of sp³-hybridized carbons (Fsp3) is 0.182. The minimum atomic E-state index is -0.959. The molecule has 1 aromatic carbocycles. The average molecular weight is 222 g/mol. The molecule has 0 saturated carbocycles. The van der Waals surface area contributed by atoms with Crippen LogP contribution in [0.3, 0.4) is 0 Å². The van der Waals surface area contributed by atoms with Crippen LogP contribution in [0.5, 0.6) is 5.75 Å². The van der Waals surface area contributed by atoms with E-state index in [0.717, 1.165) is 15.6 Å². The van der Waals surface area contributed by atoms with Crippen molar-refractivity contribution < 1.29 is 14.6 Å². The molecule has 15 heavy (non-hydrogen) atoms. The summed E-state index contributed by atoms with van der Waals surface area (Å²) in [6.07, 6.45) is 0. The number of hydrogen-bond acceptors (Lipinski definition) is 3. The first-order chi connectivity index (χ1) is 7.15. The van der Waals surface area contributed by atoms with Crippen LogP contribution in [0.2, 0.25) is 0 Å². The fourth-order valence-corrected chi connectivity index (χ4v) is 2.65. The quantitative estimate of drug-likeness (QED) is 0.849. The van der Waals surface area contributed by atoms with Gasteiger partial charge < -0.3 is 9.84 Å². The zero-order valence-corrected chi connectivity index (χ0v) is 9.22. The van der Waals surface area contributed by atoms with Crippen molar-refractivity contribution in [2.45, 2.75) is 6.92 Å². The first-order valence-corrected chi connectivity index (χ1v) is 5.31. The molecule has 0 aliphatic heterocycles. The van der Waals surface area contributed by atoms with E-state index in [4.69, 9.17) is 9.84 Å². The van der Waals surface area contributed by atoms with Gasteiger partial charge in [-0.2, -0.15) is 0 Å². The van der Waals surface area contributed by atoms with Gasteiger partial charge in [-0.3, -0.25) is 0 Å². The summed E-state index contributed by atoms with van der Waals surface area (Å²) in [6.45, 7) is 2.00. The lowest BCUT2D eigenvalue weighted by Gasteiger charge is -2.05. The summed E-state index contributed by atoms with van der Waals surface area (Å²) >= 11 is 1.51. The smallest absolute Gasteiger partial charge is 0.339 e. The van der Waals surface area contributed by atoms with Gasteiger partial charge >= 0.3 is 5.97 Å². The standard InChI is InChI=1S/C11H10O3S/c1-6-5-15-10-7(6)3-4-8(11(12)13)9(10)14-2/h3-5H,1-2H3,(H,12,13). The lowest BCUT2D eigenvalue weighted by molar-refractivity contribution is 0.0693. The van der Waals surface area contributed by atoms with Gasteiger partial charge in [0.15, 0.2) is 5.75 Å². The molecule has 1 aromatic heterocycles. The molecule has 0 aliphatic carbocycles. The Balaban J connectivity index is 2.82. The van der Waals surface area contributed by atoms with Crippen LogP contribution >= 0.6 is 11.3 Å². The molecule has 4 heteroatoms. The van der Waals surface area contributed by atoms with Gasteiger partial charge in [0, 0.05) is 0 Å². The van der Waals surface area contributed by atoms with Crippen molar-refractivity contribution in [2.24, 2.45) is 0 Å². The zero-order valence-electron chi connectivity index (χ0n) is 8.40. The van der Waals surface area contributed by atoms with Crippen molar-refractivity contribution >= 4 is 27.4 Å². The maximum atomic E-state index is 11.0. The topological polar surface area (TPSA) is 46.5 Å². The van der Waals surface area contributed by atoms with E-state index in [-0.39, 0.29) is 5.56 Å². The Bertz CT molecular complexity index is 528. The summed E-state index contributed by atoms with van der Waals surface area (Å²) in [5.41, 5.74) is 1.36. The second-order valence-corrected chi connectivity index (χ2v) is 4.13. The third-order valence-electron chi connectivity index (χ3n) is 2.33. The molecule has 0 saturated heterocycles. The molecule has 2 rings (SSSR count). The Morgan fingerprint density at radius 1 is 1.47 bits per heavy atom. The Hall–Kier alpha value is -1.55. The van der Waals surface area contributed by atoms with Crippen molar-refractivity contribution in [3.05, 3.63) is 28.6 Å². The van der Waals surface area contributed by atoms with Crippen molar-refractivity contribution in [3.8, 4) is 5.75 Å². The summed E-state index contributed by atoms with van der Waals surface area (Å²) < 4.78 is 6.06. The number of thiophene rings is 1. The number of aromatic carboxylic acids is 1. The molecular formula is C11H10O3S. The highest BCUT2D eigenvalue weighted by Gasteiger charge is 2.15. The van der Waals surface area contributed by atoms with Gasteiger partial charge in [0.05, 0.1) is 11.8 Å². The van der Waals surface area contributed by atoms with Gasteiger partial charge in [0.1, 0.15) is 5.56 Å². The summed E-state index contributed by atoms with van der Waals surface area (Å²) in [7, 11) is 1.50. The summed E-state index contributed by atoms with van der Waals surface area (Å²) in [5.74, 6) is -0.502. The molecular weight excluding hydrogens is 212 g/mol. The lowest BCUT2D eigenvalue weighted by atomic mass is 10.1. The highest BCUT2D eigenvalue weighted by Crippen LogP contribution is 2.36. The molecule has 3 nitrogen and oxygen atoms in total. The minimum absolute atomic E-state index is 0.215. The van der Waals surface area contributed by atoms with E-state index >= 15 is 0 Å². The predicted molar refractivity (Wildman–Crippen MR) is 60.1 cm³/mol. The van der Waals surface area contributed by atoms with E-state index in [2.05, 4.69) is 0 Å². The van der Waals surface area contributed by atoms with Gasteiger partial charge in [-0.15, -0.1) is 11.3 Å². The number of rotatable bonds is 2. The average Bonchev–Trinajstić information content (AvgIpc) is 2.59. The van der Waals surface area contributed by atoms with E-state index in [1.807, 2.05) is 18.4 Å². The first-order valence-electron chi connectivity index (χ1n) is 4.43. The predicted octanol–water partition coefficient (Wildman–Crippen LogP) is 2.92. The molecule has 0 atom stereocenters. The number of hydrogen-bond donors (Lipinski definition) is 1. The molecule has 0 fully saturated rings. The van der Waals surface area contributed by atoms with E-state index in [1.54, 1.807) is 6.07 Å². The number of methoxy groups -OCH3 is 1. The fourth-order valence-electron chi connectivity index (χ4n) is 1.57. The third kappa shape index (κ3) is 1.47. The molecule has 0 unspecified atom stereocenters. The Labute approximate surface area is 90.9 Å². The van der Waals surface area contributed by atoms with E-state index in [0.29, 0.717) is 5.75 Å². The number of fused-ring (bicyclic) bond motifs is 1. The Morgan fingerprint density at radius 2 is 2.20 bits per heavy atom. The van der Waals surface area contributed by atoms with Crippen molar-refractivity contribution in [1.82, 2.24) is 0 Å². The van der Waals surface area contributed by atoms with Gasteiger partial charge in [-0.05, 0) is 29.3 Å². The van der Waals surface area contributed by atoms with E-state index in [1.165, 1.54) is 18.4 Å². The van der Waals surface area contributed by atoms with Crippen molar-refractivity contribution in [2.75, 3.05) is 7.11 Å². The van der Waals surface area contributed by atoms with Crippen LogP contribution in [0.25, 0.3) is 10.1 Å².